The molecule has 0 atom stereocenters. The monoisotopic (exact) mass is 517 g/mol. The van der Waals surface area contributed by atoms with E-state index in [4.69, 9.17) is 4.74 Å². The van der Waals surface area contributed by atoms with Crippen LogP contribution in [0.4, 0.5) is 5.69 Å². The van der Waals surface area contributed by atoms with Gasteiger partial charge in [-0.25, -0.2) is 0 Å². The first-order chi connectivity index (χ1) is 19.7. The number of nitro benzene ring substituents is 1. The maximum Gasteiger partial charge on any atom is 0.320 e. The second kappa shape index (κ2) is 9.68. The third-order valence-corrected chi connectivity index (χ3v) is 7.37. The Labute approximate surface area is 231 Å². The van der Waals surface area contributed by atoms with Crippen molar-refractivity contribution in [1.82, 2.24) is 0 Å². The summed E-state index contributed by atoms with van der Waals surface area (Å²) in [6.45, 7) is 0. The van der Waals surface area contributed by atoms with E-state index >= 15 is 0 Å². The minimum atomic E-state index is -0.295. The molecule has 190 valence electrons. The largest absolute Gasteiger partial charge is 0.448 e. The molecule has 4 nitrogen and oxygen atoms in total. The highest BCUT2D eigenvalue weighted by atomic mass is 16.6. The Morgan fingerprint density at radius 2 is 1.02 bits per heavy atom. The number of ether oxygens (including phenoxy) is 1. The van der Waals surface area contributed by atoms with Gasteiger partial charge in [0.25, 0.3) is 0 Å². The zero-order chi connectivity index (χ0) is 27.1. The Morgan fingerprint density at radius 1 is 0.525 bits per heavy atom. The molecule has 0 unspecified atom stereocenters. The molecular formula is C36H23NO3. The van der Waals surface area contributed by atoms with Crippen LogP contribution in [0.15, 0.2) is 140 Å². The van der Waals surface area contributed by atoms with Crippen molar-refractivity contribution < 1.29 is 9.66 Å². The lowest BCUT2D eigenvalue weighted by Crippen LogP contribution is -2.10. The van der Waals surface area contributed by atoms with E-state index in [9.17, 15) is 10.1 Å². The van der Waals surface area contributed by atoms with Crippen LogP contribution in [0.5, 0.6) is 5.75 Å². The molecule has 0 saturated heterocycles. The summed E-state index contributed by atoms with van der Waals surface area (Å²) in [7, 11) is 0. The van der Waals surface area contributed by atoms with Crippen LogP contribution >= 0.6 is 0 Å². The Balaban J connectivity index is 1.69. The van der Waals surface area contributed by atoms with Crippen LogP contribution in [0.1, 0.15) is 16.7 Å². The molecule has 7 rings (SSSR count). The fourth-order valence-corrected chi connectivity index (χ4v) is 5.72. The summed E-state index contributed by atoms with van der Waals surface area (Å²) in [5.74, 6) is 0.869. The maximum absolute atomic E-state index is 13.0. The summed E-state index contributed by atoms with van der Waals surface area (Å²) in [4.78, 5) is 12.7. The van der Waals surface area contributed by atoms with Crippen LogP contribution in [0.25, 0.3) is 44.4 Å². The van der Waals surface area contributed by atoms with Crippen LogP contribution in [0.3, 0.4) is 0 Å². The van der Waals surface area contributed by atoms with E-state index in [0.29, 0.717) is 11.3 Å². The smallest absolute Gasteiger partial charge is 0.320 e. The van der Waals surface area contributed by atoms with E-state index < -0.39 is 0 Å². The van der Waals surface area contributed by atoms with E-state index in [2.05, 4.69) is 12.1 Å². The van der Waals surface area contributed by atoms with Crippen LogP contribution < -0.4 is 4.74 Å². The minimum Gasteiger partial charge on any atom is -0.448 e. The molecule has 40 heavy (non-hydrogen) atoms. The predicted molar refractivity (Wildman–Crippen MR) is 161 cm³/mol. The quantitative estimate of drug-likeness (QED) is 0.169. The molecule has 1 aliphatic rings. The van der Waals surface area contributed by atoms with Gasteiger partial charge in [0.1, 0.15) is 5.76 Å². The lowest BCUT2D eigenvalue weighted by molar-refractivity contribution is -0.384. The molecule has 0 spiro atoms. The van der Waals surface area contributed by atoms with E-state index in [1.54, 1.807) is 0 Å². The number of hydrogen-bond donors (Lipinski definition) is 0. The number of nitrogens with zero attached hydrogens (tertiary/aromatic N) is 1. The highest BCUT2D eigenvalue weighted by molar-refractivity contribution is 6.18. The molecule has 6 aromatic rings. The highest BCUT2D eigenvalue weighted by Crippen LogP contribution is 2.56. The highest BCUT2D eigenvalue weighted by Gasteiger charge is 2.36. The van der Waals surface area contributed by atoms with Crippen molar-refractivity contribution in [3.05, 3.63) is 166 Å². The number of hydrogen-bond acceptors (Lipinski definition) is 3. The maximum atomic E-state index is 13.0. The van der Waals surface area contributed by atoms with Crippen molar-refractivity contribution in [3.8, 4) is 28.0 Å². The van der Waals surface area contributed by atoms with E-state index in [1.165, 1.54) is 0 Å². The molecule has 1 heterocycles. The summed E-state index contributed by atoms with van der Waals surface area (Å²) in [6, 6.07) is 45.5. The second-order valence-electron chi connectivity index (χ2n) is 9.68. The summed E-state index contributed by atoms with van der Waals surface area (Å²) in [5, 5.41) is 14.7. The van der Waals surface area contributed by atoms with Gasteiger partial charge in [0.2, 0.25) is 5.75 Å². The van der Waals surface area contributed by atoms with Crippen molar-refractivity contribution >= 4 is 27.8 Å². The Hall–Kier alpha value is -5.48. The van der Waals surface area contributed by atoms with Gasteiger partial charge in [-0.2, -0.15) is 0 Å². The predicted octanol–water partition coefficient (Wildman–Crippen LogP) is 9.39. The Morgan fingerprint density at radius 3 is 1.57 bits per heavy atom. The molecule has 0 saturated carbocycles. The molecule has 0 fully saturated rings. The van der Waals surface area contributed by atoms with Crippen LogP contribution in [-0.2, 0) is 0 Å². The van der Waals surface area contributed by atoms with Gasteiger partial charge in [0, 0.05) is 22.1 Å². The van der Waals surface area contributed by atoms with Gasteiger partial charge in [0.05, 0.1) is 10.5 Å². The number of benzene rings is 6. The molecule has 0 aliphatic carbocycles. The SMILES string of the molecule is O=[N+]([O-])c1c(-c2ccccc2)c(-c2ccccc2)c2cccc3c2c1OC(c1ccccc1)=C3c1ccccc1. The third-order valence-electron chi connectivity index (χ3n) is 7.37. The van der Waals surface area contributed by atoms with E-state index in [-0.39, 0.29) is 16.4 Å². The van der Waals surface area contributed by atoms with Gasteiger partial charge in [-0.15, -0.1) is 0 Å². The summed E-state index contributed by atoms with van der Waals surface area (Å²) >= 11 is 0. The average molecular weight is 518 g/mol. The van der Waals surface area contributed by atoms with Gasteiger partial charge in [0.15, 0.2) is 0 Å². The fraction of sp³-hybridized carbons (Fsp3) is 0. The van der Waals surface area contributed by atoms with Crippen LogP contribution in [-0.4, -0.2) is 4.92 Å². The number of rotatable bonds is 5. The average Bonchev–Trinajstić information content (AvgIpc) is 3.02. The molecule has 0 amide bonds. The van der Waals surface area contributed by atoms with Crippen molar-refractivity contribution in [3.63, 3.8) is 0 Å². The molecule has 4 heteroatoms. The second-order valence-corrected chi connectivity index (χ2v) is 9.68. The Kier molecular flexibility index (Phi) is 5.72. The van der Waals surface area contributed by atoms with Gasteiger partial charge < -0.3 is 4.74 Å². The molecule has 6 aromatic carbocycles. The van der Waals surface area contributed by atoms with Crippen molar-refractivity contribution in [2.24, 2.45) is 0 Å². The summed E-state index contributed by atoms with van der Waals surface area (Å²) in [5.41, 5.74) is 6.65. The molecule has 1 aliphatic heterocycles. The van der Waals surface area contributed by atoms with E-state index in [0.717, 1.165) is 49.7 Å². The fourth-order valence-electron chi connectivity index (χ4n) is 5.72. The zero-order valence-electron chi connectivity index (χ0n) is 21.5. The first kappa shape index (κ1) is 23.6. The first-order valence-corrected chi connectivity index (χ1v) is 13.1. The van der Waals surface area contributed by atoms with Crippen molar-refractivity contribution in [2.75, 3.05) is 0 Å². The topological polar surface area (TPSA) is 52.4 Å². The standard InChI is InChI=1S/C36H23NO3/c38-37(39)34-32(26-18-9-3-10-19-26)30(24-14-5-1-6-15-24)28-22-13-23-29-31(25-16-7-2-8-17-25)35(40-36(34)33(28)29)27-20-11-4-12-21-27/h1-23H. The van der Waals surface area contributed by atoms with E-state index in [1.807, 2.05) is 127 Å². The van der Waals surface area contributed by atoms with Gasteiger partial charge in [-0.05, 0) is 27.6 Å². The lowest BCUT2D eigenvalue weighted by atomic mass is 9.82. The lowest BCUT2D eigenvalue weighted by Gasteiger charge is -2.27. The summed E-state index contributed by atoms with van der Waals surface area (Å²) in [6.07, 6.45) is 0. The van der Waals surface area contributed by atoms with Crippen molar-refractivity contribution in [1.29, 1.82) is 0 Å². The number of nitro groups is 1. The van der Waals surface area contributed by atoms with Gasteiger partial charge in [-0.3, -0.25) is 10.1 Å². The molecular weight excluding hydrogens is 494 g/mol. The Bertz CT molecular complexity index is 1910. The first-order valence-electron chi connectivity index (χ1n) is 13.1. The molecule has 0 N–H and O–H groups in total. The molecule has 0 bridgehead atoms. The summed E-state index contributed by atoms with van der Waals surface area (Å²) < 4.78 is 6.74. The normalized spacial score (nSPS) is 12.3. The third kappa shape index (κ3) is 3.77. The van der Waals surface area contributed by atoms with Gasteiger partial charge >= 0.3 is 5.69 Å². The van der Waals surface area contributed by atoms with Gasteiger partial charge in [-0.1, -0.05) is 140 Å². The van der Waals surface area contributed by atoms with Crippen LogP contribution in [0.2, 0.25) is 0 Å². The zero-order valence-corrected chi connectivity index (χ0v) is 21.5. The molecule has 0 aromatic heterocycles. The van der Waals surface area contributed by atoms with Crippen LogP contribution in [0, 0.1) is 10.1 Å². The molecule has 0 radical (unpaired) electrons. The van der Waals surface area contributed by atoms with Crippen molar-refractivity contribution in [2.45, 2.75) is 0 Å². The minimum absolute atomic E-state index is 0.0365.